The summed E-state index contributed by atoms with van der Waals surface area (Å²) in [5.74, 6) is -1.06. The summed E-state index contributed by atoms with van der Waals surface area (Å²) >= 11 is 0. The van der Waals surface area contributed by atoms with E-state index in [1.165, 1.54) is 12.8 Å². The van der Waals surface area contributed by atoms with Crippen LogP contribution in [0.15, 0.2) is 207 Å². The van der Waals surface area contributed by atoms with Crippen LogP contribution >= 0.6 is 0 Å². The first kappa shape index (κ1) is 77.0. The van der Waals surface area contributed by atoms with E-state index in [1.807, 2.05) is 12.2 Å². The van der Waals surface area contributed by atoms with Gasteiger partial charge in [0.1, 0.15) is 13.2 Å². The summed E-state index contributed by atoms with van der Waals surface area (Å²) in [6.45, 7) is 6.19. The summed E-state index contributed by atoms with van der Waals surface area (Å²) in [6, 6.07) is 0. The molecule has 0 heterocycles. The zero-order chi connectivity index (χ0) is 59.9. The summed E-state index contributed by atoms with van der Waals surface area (Å²) in [5.41, 5.74) is 0. The molecule has 0 aliphatic carbocycles. The van der Waals surface area contributed by atoms with Gasteiger partial charge < -0.3 is 14.2 Å². The van der Waals surface area contributed by atoms with Gasteiger partial charge in [0, 0.05) is 19.3 Å². The average molecular weight is 1140 g/mol. The second-order valence-electron chi connectivity index (χ2n) is 20.5. The van der Waals surface area contributed by atoms with E-state index in [2.05, 4.69) is 215 Å². The average Bonchev–Trinajstić information content (AvgIpc) is 3.50. The number of hydrogen-bond acceptors (Lipinski definition) is 6. The molecule has 1 unspecified atom stereocenters. The Morgan fingerprint density at radius 2 is 0.458 bits per heavy atom. The number of unbranched alkanes of at least 4 members (excludes halogenated alkanes) is 11. The van der Waals surface area contributed by atoms with Crippen LogP contribution in [0.1, 0.15) is 239 Å². The molecule has 0 rings (SSSR count). The molecule has 0 aromatic heterocycles. The molecule has 1 atom stereocenters. The molecular formula is C77H116O6. The maximum atomic E-state index is 12.9. The molecule has 83 heavy (non-hydrogen) atoms. The van der Waals surface area contributed by atoms with E-state index in [4.69, 9.17) is 14.2 Å². The van der Waals surface area contributed by atoms with Crippen LogP contribution in [0, 0.1) is 0 Å². The van der Waals surface area contributed by atoms with Gasteiger partial charge in [-0.3, -0.25) is 14.4 Å². The molecule has 0 saturated heterocycles. The summed E-state index contributed by atoms with van der Waals surface area (Å²) in [5, 5.41) is 0. The van der Waals surface area contributed by atoms with Crippen LogP contribution in [0.3, 0.4) is 0 Å². The molecule has 0 bridgehead atoms. The standard InChI is InChI=1S/C77H116O6/c1-4-7-10-13-16-19-22-25-28-31-34-35-36-37-38-39-40-41-44-46-49-52-55-58-61-64-67-70-76(79)82-73-74(83-77(80)71-68-65-62-59-56-53-50-47-43-33-30-27-24-21-18-15-12-9-6-3)72-81-75(78)69-66-63-60-57-54-51-48-45-42-32-29-26-23-20-17-14-11-8-5-2/h7-12,16-21,25-30,34-35,37-38,40-43,45-47,49,53,56,62,65,74H,4-6,13-15,22-24,31-33,36,39,44,48,50-52,54-55,57-61,63-64,66-73H2,1-3H3/b10-7-,11-8-,12-9-,19-16-,20-17-,21-18-,28-25-,29-26-,30-27-,35-34-,38-37-,41-40-,45-42-,47-43-,49-46-,56-53-,65-62-. The minimum Gasteiger partial charge on any atom is -0.462 e. The highest BCUT2D eigenvalue weighted by Crippen LogP contribution is 2.13. The van der Waals surface area contributed by atoms with Crippen LogP contribution < -0.4 is 0 Å². The molecule has 0 aliphatic rings. The van der Waals surface area contributed by atoms with Crippen molar-refractivity contribution in [2.24, 2.45) is 0 Å². The predicted octanol–water partition coefficient (Wildman–Crippen LogP) is 22.8. The van der Waals surface area contributed by atoms with Crippen LogP contribution in [-0.4, -0.2) is 37.2 Å². The number of allylic oxidation sites excluding steroid dienone is 34. The minimum absolute atomic E-state index is 0.134. The maximum Gasteiger partial charge on any atom is 0.306 e. The van der Waals surface area contributed by atoms with Crippen molar-refractivity contribution in [2.45, 2.75) is 245 Å². The Labute approximate surface area is 509 Å². The Kier molecular flexibility index (Phi) is 63.5. The van der Waals surface area contributed by atoms with E-state index >= 15 is 0 Å². The van der Waals surface area contributed by atoms with Crippen molar-refractivity contribution in [2.75, 3.05) is 13.2 Å². The van der Waals surface area contributed by atoms with Crippen LogP contribution in [0.5, 0.6) is 0 Å². The third-order valence-corrected chi connectivity index (χ3v) is 12.8. The smallest absolute Gasteiger partial charge is 0.306 e. The Morgan fingerprint density at radius 1 is 0.241 bits per heavy atom. The van der Waals surface area contributed by atoms with Crippen molar-refractivity contribution in [1.29, 1.82) is 0 Å². The van der Waals surface area contributed by atoms with E-state index in [-0.39, 0.29) is 31.6 Å². The first-order valence-electron chi connectivity index (χ1n) is 32.6. The van der Waals surface area contributed by atoms with E-state index in [0.717, 1.165) is 180 Å². The first-order chi connectivity index (χ1) is 41.0. The number of esters is 3. The second kappa shape index (κ2) is 68.5. The lowest BCUT2D eigenvalue weighted by atomic mass is 10.1. The van der Waals surface area contributed by atoms with Crippen molar-refractivity contribution in [3.8, 4) is 0 Å². The Bertz CT molecular complexity index is 2030. The summed E-state index contributed by atoms with van der Waals surface area (Å²) in [6.07, 6.45) is 106. The molecule has 6 nitrogen and oxygen atoms in total. The number of rotatable bonds is 56. The Balaban J connectivity index is 4.58. The Morgan fingerprint density at radius 3 is 0.723 bits per heavy atom. The van der Waals surface area contributed by atoms with Gasteiger partial charge in [0.2, 0.25) is 0 Å². The number of ether oxygens (including phenoxy) is 3. The summed E-state index contributed by atoms with van der Waals surface area (Å²) in [4.78, 5) is 38.4. The molecule has 0 amide bonds. The fourth-order valence-corrected chi connectivity index (χ4v) is 8.03. The van der Waals surface area contributed by atoms with Crippen LogP contribution in [0.25, 0.3) is 0 Å². The topological polar surface area (TPSA) is 78.9 Å². The minimum atomic E-state index is -0.849. The highest BCUT2D eigenvalue weighted by atomic mass is 16.6. The molecule has 460 valence electrons. The normalized spacial score (nSPS) is 13.5. The molecule has 0 aromatic carbocycles. The molecule has 0 aliphatic heterocycles. The van der Waals surface area contributed by atoms with Crippen molar-refractivity contribution in [1.82, 2.24) is 0 Å². The zero-order valence-corrected chi connectivity index (χ0v) is 52.6. The van der Waals surface area contributed by atoms with E-state index in [9.17, 15) is 14.4 Å². The van der Waals surface area contributed by atoms with Gasteiger partial charge in [0.15, 0.2) is 6.10 Å². The lowest BCUT2D eigenvalue weighted by molar-refractivity contribution is -0.166. The van der Waals surface area contributed by atoms with Gasteiger partial charge in [-0.1, -0.05) is 272 Å². The lowest BCUT2D eigenvalue weighted by Gasteiger charge is -2.18. The first-order valence-corrected chi connectivity index (χ1v) is 32.6. The highest BCUT2D eigenvalue weighted by molar-refractivity contribution is 5.71. The van der Waals surface area contributed by atoms with Gasteiger partial charge >= 0.3 is 17.9 Å². The van der Waals surface area contributed by atoms with Gasteiger partial charge in [-0.2, -0.15) is 0 Å². The maximum absolute atomic E-state index is 12.9. The number of hydrogen-bond donors (Lipinski definition) is 0. The second-order valence-corrected chi connectivity index (χ2v) is 20.5. The van der Waals surface area contributed by atoms with E-state index in [0.29, 0.717) is 19.3 Å². The quantitative estimate of drug-likeness (QED) is 0.0261. The van der Waals surface area contributed by atoms with E-state index < -0.39 is 12.1 Å². The SMILES string of the molecule is CC/C=C\C/C=C\C/C=C\C/C=C\C/C=C\C/C=C\C/C=C\CCCCCCCC(=O)OCC(COC(=O)CCCCCCCC/C=C\C/C=C\C/C=C\C/C=C\CC)OC(=O)CC/C=C\C/C=C\C/C=C\C/C=C\C/C=C\C/C=C\CC. The summed E-state index contributed by atoms with van der Waals surface area (Å²) < 4.78 is 16.8. The summed E-state index contributed by atoms with van der Waals surface area (Å²) in [7, 11) is 0. The predicted molar refractivity (Wildman–Crippen MR) is 361 cm³/mol. The van der Waals surface area contributed by atoms with Crippen molar-refractivity contribution >= 4 is 17.9 Å². The van der Waals surface area contributed by atoms with Gasteiger partial charge in [-0.15, -0.1) is 0 Å². The van der Waals surface area contributed by atoms with Gasteiger partial charge in [-0.05, 0) is 154 Å². The largest absolute Gasteiger partial charge is 0.462 e. The fourth-order valence-electron chi connectivity index (χ4n) is 8.03. The lowest BCUT2D eigenvalue weighted by Crippen LogP contribution is -2.30. The Hall–Kier alpha value is -6.01. The third-order valence-electron chi connectivity index (χ3n) is 12.8. The third kappa shape index (κ3) is 66.7. The fraction of sp³-hybridized carbons (Fsp3) is 0.519. The number of carbonyl (C=O) groups is 3. The van der Waals surface area contributed by atoms with Crippen LogP contribution in [0.2, 0.25) is 0 Å². The molecule has 0 aromatic rings. The van der Waals surface area contributed by atoms with Gasteiger partial charge in [-0.25, -0.2) is 0 Å². The molecule has 0 N–H and O–H groups in total. The molecular weight excluding hydrogens is 1020 g/mol. The molecule has 0 fully saturated rings. The highest BCUT2D eigenvalue weighted by Gasteiger charge is 2.19. The molecule has 0 spiro atoms. The number of carbonyl (C=O) groups excluding carboxylic acids is 3. The van der Waals surface area contributed by atoms with Crippen molar-refractivity contribution in [3.05, 3.63) is 207 Å². The van der Waals surface area contributed by atoms with Gasteiger partial charge in [0.05, 0.1) is 0 Å². The monoisotopic (exact) mass is 1140 g/mol. The van der Waals surface area contributed by atoms with Crippen molar-refractivity contribution in [3.63, 3.8) is 0 Å². The van der Waals surface area contributed by atoms with Crippen molar-refractivity contribution < 1.29 is 28.6 Å². The molecule has 0 saturated carbocycles. The van der Waals surface area contributed by atoms with Crippen LogP contribution in [0.4, 0.5) is 0 Å². The zero-order valence-electron chi connectivity index (χ0n) is 52.6. The van der Waals surface area contributed by atoms with Gasteiger partial charge in [0.25, 0.3) is 0 Å². The molecule has 6 heteroatoms. The molecule has 0 radical (unpaired) electrons. The van der Waals surface area contributed by atoms with E-state index in [1.54, 1.807) is 0 Å². The van der Waals surface area contributed by atoms with Crippen LogP contribution in [-0.2, 0) is 28.6 Å².